The topological polar surface area (TPSA) is 21.3 Å². The summed E-state index contributed by atoms with van der Waals surface area (Å²) in [5, 5.41) is 3.71. The molecule has 1 N–H and O–H groups in total. The Balaban J connectivity index is 2.91. The number of rotatable bonds is 8. The van der Waals surface area contributed by atoms with Crippen LogP contribution in [0.25, 0.3) is 0 Å². The van der Waals surface area contributed by atoms with Gasteiger partial charge in [0.05, 0.1) is 0 Å². The van der Waals surface area contributed by atoms with Crippen LogP contribution in [0.15, 0.2) is 24.3 Å². The average molecular weight is 321 g/mol. The highest BCUT2D eigenvalue weighted by Crippen LogP contribution is 2.32. The lowest BCUT2D eigenvalue weighted by Crippen LogP contribution is -2.26. The zero-order chi connectivity index (χ0) is 15.9. The zero-order valence-electron chi connectivity index (χ0n) is 12.5. The van der Waals surface area contributed by atoms with E-state index in [4.69, 9.17) is 0 Å². The second-order valence-corrected chi connectivity index (χ2v) is 6.22. The summed E-state index contributed by atoms with van der Waals surface area (Å²) in [6.45, 7) is 6.84. The Morgan fingerprint density at radius 3 is 2.48 bits per heavy atom. The predicted octanol–water partition coefficient (Wildman–Crippen LogP) is 4.77. The van der Waals surface area contributed by atoms with Crippen molar-refractivity contribution in [3.63, 3.8) is 0 Å². The van der Waals surface area contributed by atoms with Gasteiger partial charge in [-0.15, -0.1) is 13.2 Å². The summed E-state index contributed by atoms with van der Waals surface area (Å²) in [6.07, 6.45) is -3.64. The highest BCUT2D eigenvalue weighted by molar-refractivity contribution is 7.99. The van der Waals surface area contributed by atoms with E-state index < -0.39 is 6.36 Å². The van der Waals surface area contributed by atoms with Crippen molar-refractivity contribution in [3.05, 3.63) is 29.8 Å². The minimum atomic E-state index is -4.67. The van der Waals surface area contributed by atoms with Crippen molar-refractivity contribution in [1.29, 1.82) is 0 Å². The molecular weight excluding hydrogens is 299 g/mol. The minimum Gasteiger partial charge on any atom is -0.405 e. The Kier molecular flexibility index (Phi) is 7.39. The number of alkyl halides is 3. The van der Waals surface area contributed by atoms with Crippen LogP contribution in [0.1, 0.15) is 38.8 Å². The van der Waals surface area contributed by atoms with E-state index in [2.05, 4.69) is 23.9 Å². The SMILES string of the molecule is CCNC(CSC(C)CC)c1ccccc1OC(F)(F)F. The van der Waals surface area contributed by atoms with Crippen LogP contribution in [0.4, 0.5) is 13.2 Å². The van der Waals surface area contributed by atoms with Crippen LogP contribution in [-0.2, 0) is 0 Å². The van der Waals surface area contributed by atoms with E-state index in [9.17, 15) is 13.2 Å². The average Bonchev–Trinajstić information content (AvgIpc) is 2.42. The van der Waals surface area contributed by atoms with Gasteiger partial charge in [-0.2, -0.15) is 11.8 Å². The first-order chi connectivity index (χ1) is 9.87. The third-order valence-corrected chi connectivity index (χ3v) is 4.52. The first kappa shape index (κ1) is 18.2. The van der Waals surface area contributed by atoms with Gasteiger partial charge in [0, 0.05) is 22.6 Å². The number of hydrogen-bond acceptors (Lipinski definition) is 3. The number of ether oxygens (including phenoxy) is 1. The summed E-state index contributed by atoms with van der Waals surface area (Å²) in [5.74, 6) is 0.585. The first-order valence-corrected chi connectivity index (χ1v) is 8.11. The van der Waals surface area contributed by atoms with E-state index in [0.717, 1.165) is 6.42 Å². The molecule has 0 heterocycles. The molecule has 1 rings (SSSR count). The van der Waals surface area contributed by atoms with Crippen LogP contribution in [0, 0.1) is 0 Å². The summed E-state index contributed by atoms with van der Waals surface area (Å²) in [7, 11) is 0. The fourth-order valence-electron chi connectivity index (χ4n) is 1.87. The van der Waals surface area contributed by atoms with Gasteiger partial charge in [0.25, 0.3) is 0 Å². The second-order valence-electron chi connectivity index (χ2n) is 4.75. The molecule has 0 bridgehead atoms. The Bertz CT molecular complexity index is 426. The first-order valence-electron chi connectivity index (χ1n) is 7.07. The molecule has 0 aliphatic carbocycles. The van der Waals surface area contributed by atoms with Crippen LogP contribution in [0.5, 0.6) is 5.75 Å². The van der Waals surface area contributed by atoms with Gasteiger partial charge in [0.1, 0.15) is 5.75 Å². The maximum Gasteiger partial charge on any atom is 0.573 e. The number of hydrogen-bond donors (Lipinski definition) is 1. The lowest BCUT2D eigenvalue weighted by atomic mass is 10.1. The van der Waals surface area contributed by atoms with E-state index in [1.807, 2.05) is 6.92 Å². The number of halogens is 3. The van der Waals surface area contributed by atoms with Gasteiger partial charge in [0.15, 0.2) is 0 Å². The predicted molar refractivity (Wildman–Crippen MR) is 81.8 cm³/mol. The molecule has 0 spiro atoms. The van der Waals surface area contributed by atoms with Crippen molar-refractivity contribution in [2.24, 2.45) is 0 Å². The highest BCUT2D eigenvalue weighted by Gasteiger charge is 2.32. The van der Waals surface area contributed by atoms with Gasteiger partial charge in [-0.25, -0.2) is 0 Å². The molecular formula is C15H22F3NOS. The van der Waals surface area contributed by atoms with Crippen LogP contribution < -0.4 is 10.1 Å². The third kappa shape index (κ3) is 6.61. The molecule has 0 aliphatic rings. The number of nitrogens with one attached hydrogen (secondary N) is 1. The molecule has 2 unspecified atom stereocenters. The molecule has 0 radical (unpaired) electrons. The molecule has 1 aromatic rings. The summed E-state index contributed by atoms with van der Waals surface area (Å²) >= 11 is 1.75. The van der Waals surface area contributed by atoms with Gasteiger partial charge in [-0.1, -0.05) is 39.0 Å². The van der Waals surface area contributed by atoms with Crippen molar-refractivity contribution in [2.75, 3.05) is 12.3 Å². The van der Waals surface area contributed by atoms with Gasteiger partial charge >= 0.3 is 6.36 Å². The molecule has 0 saturated carbocycles. The molecule has 0 amide bonds. The van der Waals surface area contributed by atoms with E-state index in [1.165, 1.54) is 6.07 Å². The van der Waals surface area contributed by atoms with Crippen LogP contribution in [0.2, 0.25) is 0 Å². The molecule has 0 saturated heterocycles. The highest BCUT2D eigenvalue weighted by atomic mass is 32.2. The summed E-state index contributed by atoms with van der Waals surface area (Å²) in [6, 6.07) is 6.17. The zero-order valence-corrected chi connectivity index (χ0v) is 13.4. The van der Waals surface area contributed by atoms with E-state index in [-0.39, 0.29) is 11.8 Å². The van der Waals surface area contributed by atoms with Crippen molar-refractivity contribution in [2.45, 2.75) is 44.8 Å². The standard InChI is InChI=1S/C15H22F3NOS/c1-4-11(3)21-10-13(19-5-2)12-8-6-7-9-14(12)20-15(16,17)18/h6-9,11,13,19H,4-5,10H2,1-3H3. The van der Waals surface area contributed by atoms with Crippen LogP contribution >= 0.6 is 11.8 Å². The lowest BCUT2D eigenvalue weighted by molar-refractivity contribution is -0.275. The van der Waals surface area contributed by atoms with Crippen molar-refractivity contribution >= 4 is 11.8 Å². The fourth-order valence-corrected chi connectivity index (χ4v) is 2.92. The largest absolute Gasteiger partial charge is 0.573 e. The maximum atomic E-state index is 12.5. The molecule has 1 aromatic carbocycles. The van der Waals surface area contributed by atoms with Gasteiger partial charge < -0.3 is 10.1 Å². The van der Waals surface area contributed by atoms with Crippen LogP contribution in [0.3, 0.4) is 0 Å². The number of benzene rings is 1. The van der Waals surface area contributed by atoms with Gasteiger partial charge in [-0.3, -0.25) is 0 Å². The smallest absolute Gasteiger partial charge is 0.405 e. The summed E-state index contributed by atoms with van der Waals surface area (Å²) < 4.78 is 41.6. The lowest BCUT2D eigenvalue weighted by Gasteiger charge is -2.22. The Morgan fingerprint density at radius 2 is 1.90 bits per heavy atom. The van der Waals surface area contributed by atoms with Gasteiger partial charge in [0.2, 0.25) is 0 Å². The number of thioether (sulfide) groups is 1. The van der Waals surface area contributed by atoms with Crippen molar-refractivity contribution < 1.29 is 17.9 Å². The Morgan fingerprint density at radius 1 is 1.24 bits per heavy atom. The monoisotopic (exact) mass is 321 g/mol. The Hall–Kier alpha value is -0.880. The third-order valence-electron chi connectivity index (χ3n) is 3.09. The summed E-state index contributed by atoms with van der Waals surface area (Å²) in [5.41, 5.74) is 0.549. The normalized spacial score (nSPS) is 14.8. The fraction of sp³-hybridized carbons (Fsp3) is 0.600. The quantitative estimate of drug-likeness (QED) is 0.745. The minimum absolute atomic E-state index is 0.124. The van der Waals surface area contributed by atoms with Crippen LogP contribution in [-0.4, -0.2) is 23.9 Å². The van der Waals surface area contributed by atoms with E-state index in [0.29, 0.717) is 23.1 Å². The van der Waals surface area contributed by atoms with Gasteiger partial charge in [-0.05, 0) is 19.0 Å². The molecule has 120 valence electrons. The molecule has 0 fully saturated rings. The van der Waals surface area contributed by atoms with E-state index in [1.54, 1.807) is 30.0 Å². The second kappa shape index (κ2) is 8.54. The van der Waals surface area contributed by atoms with E-state index >= 15 is 0 Å². The summed E-state index contributed by atoms with van der Waals surface area (Å²) in [4.78, 5) is 0. The molecule has 6 heteroatoms. The molecule has 2 atom stereocenters. The molecule has 2 nitrogen and oxygen atoms in total. The molecule has 0 aliphatic heterocycles. The molecule has 21 heavy (non-hydrogen) atoms. The van der Waals surface area contributed by atoms with Crippen molar-refractivity contribution in [1.82, 2.24) is 5.32 Å². The van der Waals surface area contributed by atoms with Crippen molar-refractivity contribution in [3.8, 4) is 5.75 Å². The Labute approximate surface area is 128 Å². The maximum absolute atomic E-state index is 12.5. The molecule has 0 aromatic heterocycles. The number of para-hydroxylation sites is 1.